The number of benzene rings is 1. The van der Waals surface area contributed by atoms with Crippen molar-refractivity contribution in [2.24, 2.45) is 0 Å². The lowest BCUT2D eigenvalue weighted by atomic mass is 10.2. The summed E-state index contributed by atoms with van der Waals surface area (Å²) in [5.74, 6) is -2.04. The first-order valence-corrected chi connectivity index (χ1v) is 5.86. The van der Waals surface area contributed by atoms with E-state index in [-0.39, 0.29) is 18.1 Å². The van der Waals surface area contributed by atoms with Gasteiger partial charge in [0.15, 0.2) is 12.4 Å². The van der Waals surface area contributed by atoms with Gasteiger partial charge in [0, 0.05) is 5.69 Å². The number of fused-ring (bicyclic) bond motifs is 1. The lowest BCUT2D eigenvalue weighted by molar-refractivity contribution is -0.139. The van der Waals surface area contributed by atoms with Crippen LogP contribution in [0.15, 0.2) is 22.6 Å². The van der Waals surface area contributed by atoms with E-state index in [4.69, 9.17) is 24.7 Å². The number of esters is 1. The molecule has 0 bridgehead atoms. The van der Waals surface area contributed by atoms with E-state index in [9.17, 15) is 9.59 Å². The Morgan fingerprint density at radius 1 is 1.40 bits per heavy atom. The van der Waals surface area contributed by atoms with Crippen molar-refractivity contribution in [1.29, 1.82) is 0 Å². The Labute approximate surface area is 113 Å². The Bertz CT molecular complexity index is 660. The smallest absolute Gasteiger partial charge is 0.378 e. The standard InChI is InChI=1S/C13H13NO6/c1-2-18-13(17)12-11(19-6-10(15)16)8-5-7(14)3-4-9(8)20-12/h3-5H,2,6,14H2,1H3,(H,15,16). The maximum absolute atomic E-state index is 11.8. The molecular weight excluding hydrogens is 266 g/mol. The molecular formula is C13H13NO6. The molecule has 7 nitrogen and oxygen atoms in total. The molecule has 3 N–H and O–H groups in total. The monoisotopic (exact) mass is 279 g/mol. The second-order valence-corrected chi connectivity index (χ2v) is 3.92. The Morgan fingerprint density at radius 2 is 2.15 bits per heavy atom. The van der Waals surface area contributed by atoms with Gasteiger partial charge in [-0.05, 0) is 25.1 Å². The molecule has 106 valence electrons. The number of nitrogens with two attached hydrogens (primary N) is 1. The van der Waals surface area contributed by atoms with E-state index in [2.05, 4.69) is 0 Å². The van der Waals surface area contributed by atoms with Crippen LogP contribution in [-0.2, 0) is 9.53 Å². The zero-order valence-corrected chi connectivity index (χ0v) is 10.7. The van der Waals surface area contributed by atoms with Crippen molar-refractivity contribution in [3.63, 3.8) is 0 Å². The molecule has 20 heavy (non-hydrogen) atoms. The summed E-state index contributed by atoms with van der Waals surface area (Å²) in [6.45, 7) is 1.21. The lowest BCUT2D eigenvalue weighted by Crippen LogP contribution is -2.12. The van der Waals surface area contributed by atoms with E-state index in [0.717, 1.165) is 0 Å². The number of hydrogen-bond acceptors (Lipinski definition) is 6. The number of ether oxygens (including phenoxy) is 2. The summed E-state index contributed by atoms with van der Waals surface area (Å²) >= 11 is 0. The minimum absolute atomic E-state index is 0.0214. The summed E-state index contributed by atoms with van der Waals surface area (Å²) in [7, 11) is 0. The van der Waals surface area contributed by atoms with Crippen molar-refractivity contribution in [3.8, 4) is 5.75 Å². The van der Waals surface area contributed by atoms with Crippen LogP contribution in [0.2, 0.25) is 0 Å². The molecule has 0 unspecified atom stereocenters. The average Bonchev–Trinajstić information content (AvgIpc) is 2.74. The van der Waals surface area contributed by atoms with Crippen LogP contribution in [0.25, 0.3) is 11.0 Å². The number of aliphatic carboxylic acids is 1. The van der Waals surface area contributed by atoms with Gasteiger partial charge in [0.1, 0.15) is 5.58 Å². The number of anilines is 1. The fraction of sp³-hybridized carbons (Fsp3) is 0.231. The maximum Gasteiger partial charge on any atom is 0.378 e. The first kappa shape index (κ1) is 13.7. The molecule has 1 heterocycles. The third kappa shape index (κ3) is 2.66. The summed E-state index contributed by atoms with van der Waals surface area (Å²) in [6, 6.07) is 4.71. The maximum atomic E-state index is 11.8. The third-order valence-electron chi connectivity index (χ3n) is 2.47. The summed E-state index contributed by atoms with van der Waals surface area (Å²) in [5.41, 5.74) is 6.47. The summed E-state index contributed by atoms with van der Waals surface area (Å²) in [4.78, 5) is 22.4. The molecule has 2 rings (SSSR count). The second-order valence-electron chi connectivity index (χ2n) is 3.92. The van der Waals surface area contributed by atoms with Gasteiger partial charge in [-0.1, -0.05) is 0 Å². The van der Waals surface area contributed by atoms with Gasteiger partial charge in [-0.3, -0.25) is 0 Å². The van der Waals surface area contributed by atoms with E-state index < -0.39 is 18.5 Å². The van der Waals surface area contributed by atoms with Crippen LogP contribution in [0.4, 0.5) is 5.69 Å². The molecule has 0 aliphatic carbocycles. The Balaban J connectivity index is 2.51. The highest BCUT2D eigenvalue weighted by molar-refractivity contribution is 5.99. The number of carboxylic acids is 1. The highest BCUT2D eigenvalue weighted by Crippen LogP contribution is 2.34. The molecule has 1 aromatic carbocycles. The molecule has 2 aromatic rings. The van der Waals surface area contributed by atoms with Crippen LogP contribution < -0.4 is 10.5 Å². The largest absolute Gasteiger partial charge is 0.479 e. The third-order valence-corrected chi connectivity index (χ3v) is 2.47. The van der Waals surface area contributed by atoms with Gasteiger partial charge in [-0.2, -0.15) is 0 Å². The van der Waals surface area contributed by atoms with Gasteiger partial charge >= 0.3 is 11.9 Å². The van der Waals surface area contributed by atoms with E-state index in [1.165, 1.54) is 0 Å². The van der Waals surface area contributed by atoms with E-state index in [0.29, 0.717) is 16.7 Å². The zero-order chi connectivity index (χ0) is 14.7. The van der Waals surface area contributed by atoms with Crippen LogP contribution in [0.3, 0.4) is 0 Å². The molecule has 0 aliphatic heterocycles. The number of carbonyl (C=O) groups is 2. The number of hydrogen-bond donors (Lipinski definition) is 2. The molecule has 0 spiro atoms. The van der Waals surface area contributed by atoms with Crippen LogP contribution in [0.1, 0.15) is 17.5 Å². The molecule has 0 radical (unpaired) electrons. The molecule has 0 atom stereocenters. The van der Waals surface area contributed by atoms with Crippen molar-refractivity contribution < 1.29 is 28.6 Å². The number of carbonyl (C=O) groups excluding carboxylic acids is 1. The molecule has 7 heteroatoms. The molecule has 1 aromatic heterocycles. The molecule has 0 fully saturated rings. The molecule has 0 aliphatic rings. The van der Waals surface area contributed by atoms with Gasteiger partial charge in [0.2, 0.25) is 0 Å². The summed E-state index contributed by atoms with van der Waals surface area (Å²) in [5, 5.41) is 9.10. The molecule has 0 saturated heterocycles. The summed E-state index contributed by atoms with van der Waals surface area (Å²) < 4.78 is 15.3. The Kier molecular flexibility index (Phi) is 3.79. The average molecular weight is 279 g/mol. The quantitative estimate of drug-likeness (QED) is 0.632. The van der Waals surface area contributed by atoms with Crippen molar-refractivity contribution in [2.45, 2.75) is 6.92 Å². The number of nitrogen functional groups attached to an aromatic ring is 1. The number of furan rings is 1. The first-order chi connectivity index (χ1) is 9.52. The van der Waals surface area contributed by atoms with Crippen LogP contribution in [-0.4, -0.2) is 30.3 Å². The normalized spacial score (nSPS) is 10.4. The van der Waals surface area contributed by atoms with Crippen molar-refractivity contribution in [3.05, 3.63) is 24.0 Å². The van der Waals surface area contributed by atoms with Gasteiger partial charge in [0.25, 0.3) is 5.76 Å². The fourth-order valence-corrected chi connectivity index (χ4v) is 1.70. The minimum atomic E-state index is -1.17. The zero-order valence-electron chi connectivity index (χ0n) is 10.7. The SMILES string of the molecule is CCOC(=O)c1oc2ccc(N)cc2c1OCC(=O)O. The van der Waals surface area contributed by atoms with Crippen molar-refractivity contribution >= 4 is 28.6 Å². The van der Waals surface area contributed by atoms with E-state index in [1.54, 1.807) is 25.1 Å². The van der Waals surface area contributed by atoms with Crippen LogP contribution in [0.5, 0.6) is 5.75 Å². The van der Waals surface area contributed by atoms with Crippen molar-refractivity contribution in [1.82, 2.24) is 0 Å². The summed E-state index contributed by atoms with van der Waals surface area (Å²) in [6.07, 6.45) is 0. The van der Waals surface area contributed by atoms with Gasteiger partial charge in [-0.25, -0.2) is 9.59 Å². The van der Waals surface area contributed by atoms with Gasteiger partial charge in [-0.15, -0.1) is 0 Å². The fourth-order valence-electron chi connectivity index (χ4n) is 1.70. The number of rotatable bonds is 5. The predicted molar refractivity (Wildman–Crippen MR) is 69.7 cm³/mol. The molecule has 0 amide bonds. The number of carboxylic acid groups (broad SMARTS) is 1. The van der Waals surface area contributed by atoms with E-state index in [1.807, 2.05) is 0 Å². The highest BCUT2D eigenvalue weighted by Gasteiger charge is 2.24. The predicted octanol–water partition coefficient (Wildman–Crippen LogP) is 1.66. The van der Waals surface area contributed by atoms with Gasteiger partial charge in [0.05, 0.1) is 12.0 Å². The lowest BCUT2D eigenvalue weighted by Gasteiger charge is -2.04. The van der Waals surface area contributed by atoms with Gasteiger partial charge < -0.3 is 24.7 Å². The van der Waals surface area contributed by atoms with E-state index >= 15 is 0 Å². The topological polar surface area (TPSA) is 112 Å². The minimum Gasteiger partial charge on any atom is -0.479 e. The first-order valence-electron chi connectivity index (χ1n) is 5.86. The Hall–Kier alpha value is -2.70. The van der Waals surface area contributed by atoms with Crippen molar-refractivity contribution in [2.75, 3.05) is 18.9 Å². The highest BCUT2D eigenvalue weighted by atomic mass is 16.6. The molecule has 0 saturated carbocycles. The van der Waals surface area contributed by atoms with Crippen LogP contribution in [0, 0.1) is 0 Å². The Morgan fingerprint density at radius 3 is 2.80 bits per heavy atom. The second kappa shape index (κ2) is 5.52. The van der Waals surface area contributed by atoms with Crippen LogP contribution >= 0.6 is 0 Å².